The minimum absolute atomic E-state index is 0.111. The van der Waals surface area contributed by atoms with Crippen molar-refractivity contribution in [2.45, 2.75) is 13.8 Å². The second-order valence-electron chi connectivity index (χ2n) is 6.34. The Morgan fingerprint density at radius 2 is 1.70 bits per heavy atom. The van der Waals surface area contributed by atoms with Crippen LogP contribution < -0.4 is 26.5 Å². The number of benzene rings is 3. The van der Waals surface area contributed by atoms with Crippen molar-refractivity contribution in [3.05, 3.63) is 90.6 Å². The van der Waals surface area contributed by atoms with E-state index in [1.807, 2.05) is 30.3 Å². The molecule has 0 radical (unpaired) electrons. The number of amides is 1. The van der Waals surface area contributed by atoms with Crippen molar-refractivity contribution >= 4 is 32.6 Å². The molecule has 0 spiro atoms. The maximum absolute atomic E-state index is 12.7. The van der Waals surface area contributed by atoms with Gasteiger partial charge in [0.05, 0.1) is 0 Å². The van der Waals surface area contributed by atoms with E-state index in [1.165, 1.54) is 29.6 Å². The number of hydrogen-bond acceptors (Lipinski definition) is 3. The summed E-state index contributed by atoms with van der Waals surface area (Å²) in [6, 6.07) is 22.7. The minimum atomic E-state index is -0.300. The van der Waals surface area contributed by atoms with Crippen LogP contribution in [0.5, 0.6) is 0 Å². The summed E-state index contributed by atoms with van der Waals surface area (Å²) in [4.78, 5) is 17.2. The summed E-state index contributed by atoms with van der Waals surface area (Å²) >= 11 is 1.21. The van der Waals surface area contributed by atoms with E-state index in [-0.39, 0.29) is 27.1 Å². The van der Waals surface area contributed by atoms with Crippen LogP contribution in [0.2, 0.25) is 0 Å². The molecule has 0 bridgehead atoms. The number of nitrogens with one attached hydrogen (secondary N) is 1. The third kappa shape index (κ3) is 4.36. The number of rotatable bonds is 4. The quantitative estimate of drug-likeness (QED) is 0.451. The zero-order valence-corrected chi connectivity index (χ0v) is 18.0. The summed E-state index contributed by atoms with van der Waals surface area (Å²) in [7, 11) is 0. The van der Waals surface area contributed by atoms with Crippen molar-refractivity contribution in [1.29, 1.82) is 0 Å². The number of anilines is 1. The molecule has 0 saturated heterocycles. The van der Waals surface area contributed by atoms with Gasteiger partial charge in [0, 0.05) is 0 Å². The summed E-state index contributed by atoms with van der Waals surface area (Å²) in [6.45, 7) is 4.15. The second kappa shape index (κ2) is 7.78. The normalized spacial score (nSPS) is 11.0. The number of hydrogen-bond donors (Lipinski definition) is 1. The van der Waals surface area contributed by atoms with E-state index in [1.54, 1.807) is 0 Å². The fraction of sp³-hybridized carbons (Fsp3) is 0.0909. The number of nitrogens with zero attached hydrogens (tertiary/aromatic N) is 1. The molecule has 27 heavy (non-hydrogen) atoms. The Balaban J connectivity index is 1.51. The molecule has 0 fully saturated rings. The number of carbonyl (C=O) groups excluding carboxylic acids is 1. The predicted molar refractivity (Wildman–Crippen MR) is 107 cm³/mol. The Morgan fingerprint density at radius 1 is 0.926 bits per heavy atom. The van der Waals surface area contributed by atoms with E-state index in [9.17, 15) is 4.79 Å². The summed E-state index contributed by atoms with van der Waals surface area (Å²) < 4.78 is 3.66. The van der Waals surface area contributed by atoms with Crippen LogP contribution in [0.15, 0.2) is 66.7 Å². The average Bonchev–Trinajstić information content (AvgIpc) is 3.05. The molecule has 1 heterocycles. The number of fused-ring (bicyclic) bond motifs is 1. The van der Waals surface area contributed by atoms with Crippen LogP contribution in [-0.4, -0.2) is 10.9 Å². The number of aromatic nitrogens is 1. The molecule has 0 unspecified atom stereocenters. The topological polar surface area (TPSA) is 42.0 Å². The molecular weight excluding hydrogens is 467 g/mol. The fourth-order valence-electron chi connectivity index (χ4n) is 2.67. The first-order valence-electron chi connectivity index (χ1n) is 8.57. The molecule has 4 rings (SSSR count). The van der Waals surface area contributed by atoms with Crippen molar-refractivity contribution in [3.8, 4) is 0 Å². The van der Waals surface area contributed by atoms with Crippen LogP contribution >= 0.6 is 11.3 Å². The number of halogens is 1. The number of thiazole rings is 1. The number of aryl methyl sites for hydroxylation is 2. The van der Waals surface area contributed by atoms with E-state index in [2.05, 4.69) is 60.5 Å². The van der Waals surface area contributed by atoms with Gasteiger partial charge in [-0.15, -0.1) is 0 Å². The molecule has 4 aromatic rings. The van der Waals surface area contributed by atoms with E-state index >= 15 is 0 Å². The number of carbonyl (C=O) groups is 1. The van der Waals surface area contributed by atoms with Crippen LogP contribution in [0.25, 0.3) is 10.2 Å². The summed E-state index contributed by atoms with van der Waals surface area (Å²) in [5.41, 5.74) is 4.05. The van der Waals surface area contributed by atoms with Crippen molar-refractivity contribution in [1.82, 2.24) is 4.98 Å². The van der Waals surface area contributed by atoms with Crippen molar-refractivity contribution in [3.63, 3.8) is 0 Å². The third-order valence-corrected chi connectivity index (χ3v) is 7.65. The standard InChI is InChI=1S/C22H18IN2OS/c1-14-6-9-17(10-7-14)23-18-5-3-4-16(13-18)21(26)25-22-24-19-11-8-15(2)12-20(19)27-22/h3-13H,1-2H3,(H,24,25,26)/q-1. The van der Waals surface area contributed by atoms with Gasteiger partial charge >= 0.3 is 173 Å². The van der Waals surface area contributed by atoms with Gasteiger partial charge in [0.15, 0.2) is 0 Å². The Morgan fingerprint density at radius 3 is 2.52 bits per heavy atom. The first-order valence-corrected chi connectivity index (χ1v) is 11.5. The van der Waals surface area contributed by atoms with Gasteiger partial charge in [0.2, 0.25) is 0 Å². The molecule has 0 atom stereocenters. The molecule has 136 valence electrons. The van der Waals surface area contributed by atoms with Gasteiger partial charge in [-0.3, -0.25) is 0 Å². The summed E-state index contributed by atoms with van der Waals surface area (Å²) in [6.07, 6.45) is 0. The SMILES string of the molecule is Cc1ccc([I-]c2cccc(C(=O)Nc3nc4ccc(C)cc4s3)c2)cc1. The first-order chi connectivity index (χ1) is 13.1. The molecule has 3 nitrogen and oxygen atoms in total. The molecule has 1 aromatic heterocycles. The maximum atomic E-state index is 12.7. The molecule has 5 heteroatoms. The van der Waals surface area contributed by atoms with Crippen LogP contribution in [0, 0.1) is 21.0 Å². The van der Waals surface area contributed by atoms with E-state index in [4.69, 9.17) is 0 Å². The van der Waals surface area contributed by atoms with E-state index in [0.29, 0.717) is 10.7 Å². The van der Waals surface area contributed by atoms with Crippen LogP contribution in [0.4, 0.5) is 5.13 Å². The van der Waals surface area contributed by atoms with Crippen molar-refractivity contribution in [2.24, 2.45) is 0 Å². The van der Waals surface area contributed by atoms with Gasteiger partial charge in [0.1, 0.15) is 0 Å². The Hall–Kier alpha value is -2.25. The molecule has 0 aliphatic rings. The van der Waals surface area contributed by atoms with Gasteiger partial charge in [0.25, 0.3) is 0 Å². The monoisotopic (exact) mass is 485 g/mol. The second-order valence-corrected chi connectivity index (χ2v) is 10.4. The summed E-state index contributed by atoms with van der Waals surface area (Å²) in [5.74, 6) is -0.111. The van der Waals surface area contributed by atoms with E-state index in [0.717, 1.165) is 10.2 Å². The van der Waals surface area contributed by atoms with Crippen LogP contribution in [0.3, 0.4) is 0 Å². The fourth-order valence-corrected chi connectivity index (χ4v) is 5.94. The predicted octanol–water partition coefficient (Wildman–Crippen LogP) is 2.29. The van der Waals surface area contributed by atoms with Crippen molar-refractivity contribution < 1.29 is 26.0 Å². The van der Waals surface area contributed by atoms with Gasteiger partial charge in [-0.05, 0) is 0 Å². The molecule has 0 saturated carbocycles. The molecule has 3 aromatic carbocycles. The van der Waals surface area contributed by atoms with Gasteiger partial charge in [-0.1, -0.05) is 0 Å². The molecule has 1 amide bonds. The molecule has 0 aliphatic carbocycles. The van der Waals surface area contributed by atoms with Crippen LogP contribution in [-0.2, 0) is 0 Å². The molecular formula is C22H18IN2OS-. The zero-order valence-electron chi connectivity index (χ0n) is 15.0. The third-order valence-electron chi connectivity index (χ3n) is 4.08. The molecule has 0 aliphatic heterocycles. The summed E-state index contributed by atoms with van der Waals surface area (Å²) in [5, 5.41) is 3.58. The Labute approximate surface area is 172 Å². The Kier molecular flexibility index (Phi) is 5.22. The molecule has 1 N–H and O–H groups in total. The van der Waals surface area contributed by atoms with Gasteiger partial charge < -0.3 is 0 Å². The van der Waals surface area contributed by atoms with Crippen LogP contribution in [0.1, 0.15) is 21.5 Å². The van der Waals surface area contributed by atoms with Crippen molar-refractivity contribution in [2.75, 3.05) is 5.32 Å². The van der Waals surface area contributed by atoms with Gasteiger partial charge in [-0.2, -0.15) is 0 Å². The van der Waals surface area contributed by atoms with E-state index < -0.39 is 0 Å². The zero-order chi connectivity index (χ0) is 18.8. The average molecular weight is 485 g/mol. The first kappa shape index (κ1) is 18.1. The Bertz CT molecular complexity index is 1120. The van der Waals surface area contributed by atoms with Gasteiger partial charge in [-0.25, -0.2) is 0 Å².